The molecular weight excluding hydrogens is 400 g/mol. The summed E-state index contributed by atoms with van der Waals surface area (Å²) in [5, 5.41) is 6.59. The molecule has 1 aliphatic heterocycles. The zero-order valence-corrected chi connectivity index (χ0v) is 17.6. The highest BCUT2D eigenvalue weighted by Gasteiger charge is 2.21. The van der Waals surface area contributed by atoms with E-state index in [4.69, 9.17) is 4.98 Å². The van der Waals surface area contributed by atoms with Crippen LogP contribution in [0.15, 0.2) is 47.8 Å². The molecule has 29 heavy (non-hydrogen) atoms. The number of thiazole rings is 1. The van der Waals surface area contributed by atoms with E-state index in [2.05, 4.69) is 22.1 Å². The Kier molecular flexibility index (Phi) is 4.87. The fourth-order valence-corrected chi connectivity index (χ4v) is 5.38. The molecular formula is C22H20N4OS2. The maximum atomic E-state index is 13.2. The molecule has 0 saturated heterocycles. The lowest BCUT2D eigenvalue weighted by Gasteiger charge is -2.23. The molecule has 1 amide bonds. The molecule has 0 aliphatic carbocycles. The zero-order valence-electron chi connectivity index (χ0n) is 16.0. The Morgan fingerprint density at radius 1 is 1.21 bits per heavy atom. The summed E-state index contributed by atoms with van der Waals surface area (Å²) in [7, 11) is 0. The van der Waals surface area contributed by atoms with Gasteiger partial charge in [-0.1, -0.05) is 31.2 Å². The molecule has 1 aromatic carbocycles. The largest absolute Gasteiger partial charge is 0.298 e. The Balaban J connectivity index is 1.49. The molecule has 0 radical (unpaired) electrons. The second kappa shape index (κ2) is 7.67. The van der Waals surface area contributed by atoms with Crippen molar-refractivity contribution in [3.8, 4) is 10.6 Å². The maximum absolute atomic E-state index is 13.2. The first-order valence-corrected chi connectivity index (χ1v) is 11.4. The smallest absolute Gasteiger partial charge is 0.258 e. The van der Waals surface area contributed by atoms with E-state index < -0.39 is 0 Å². The van der Waals surface area contributed by atoms with Gasteiger partial charge in [0.05, 0.1) is 27.3 Å². The Hall–Kier alpha value is -2.61. The minimum Gasteiger partial charge on any atom is -0.298 e. The molecule has 0 bridgehead atoms. The van der Waals surface area contributed by atoms with Crippen molar-refractivity contribution in [3.05, 3.63) is 64.0 Å². The van der Waals surface area contributed by atoms with Crippen molar-refractivity contribution in [1.82, 2.24) is 14.9 Å². The number of nitrogens with one attached hydrogen (secondary N) is 1. The topological polar surface area (TPSA) is 58.1 Å². The quantitative estimate of drug-likeness (QED) is 0.502. The van der Waals surface area contributed by atoms with Crippen LogP contribution >= 0.6 is 22.7 Å². The molecule has 1 N–H and O–H groups in total. The molecule has 3 aromatic heterocycles. The average molecular weight is 421 g/mol. The molecule has 1 aliphatic rings. The molecule has 146 valence electrons. The van der Waals surface area contributed by atoms with Gasteiger partial charge in [0.25, 0.3) is 5.91 Å². The van der Waals surface area contributed by atoms with Crippen molar-refractivity contribution in [1.29, 1.82) is 0 Å². The van der Waals surface area contributed by atoms with Gasteiger partial charge in [-0.2, -0.15) is 0 Å². The first-order valence-electron chi connectivity index (χ1n) is 9.67. The van der Waals surface area contributed by atoms with Crippen molar-refractivity contribution in [3.63, 3.8) is 0 Å². The number of amides is 1. The second-order valence-corrected chi connectivity index (χ2v) is 9.04. The number of fused-ring (bicyclic) bond motifs is 2. The SMILES string of the molecule is CCN1CCc2nc(NC(=O)c3cc(-c4cccs4)nc4ccccc34)sc2C1. The van der Waals surface area contributed by atoms with Crippen LogP contribution in [0.1, 0.15) is 27.9 Å². The van der Waals surface area contributed by atoms with Crippen LogP contribution < -0.4 is 5.32 Å². The fourth-order valence-electron chi connectivity index (χ4n) is 3.65. The first-order chi connectivity index (χ1) is 14.2. The standard InChI is InChI=1S/C22H20N4OS2/c1-2-26-10-9-17-20(13-26)29-22(24-17)25-21(27)15-12-18(19-8-5-11-28-19)23-16-7-4-3-6-14(15)16/h3-8,11-12H,2,9-10,13H2,1H3,(H,24,25,27). The summed E-state index contributed by atoms with van der Waals surface area (Å²) in [5.41, 5.74) is 3.39. The van der Waals surface area contributed by atoms with Gasteiger partial charge in [0.1, 0.15) is 0 Å². The fraction of sp³-hybridized carbons (Fsp3) is 0.227. The number of nitrogens with zero attached hydrogens (tertiary/aromatic N) is 3. The van der Waals surface area contributed by atoms with Crippen LogP contribution in [0.5, 0.6) is 0 Å². The van der Waals surface area contributed by atoms with Crippen molar-refractivity contribution in [2.75, 3.05) is 18.4 Å². The van der Waals surface area contributed by atoms with Crippen molar-refractivity contribution < 1.29 is 4.79 Å². The zero-order chi connectivity index (χ0) is 19.8. The normalized spacial score (nSPS) is 14.1. The summed E-state index contributed by atoms with van der Waals surface area (Å²) in [6.07, 6.45) is 0.941. The van der Waals surface area contributed by atoms with Crippen LogP contribution in [0.3, 0.4) is 0 Å². The highest BCUT2D eigenvalue weighted by atomic mass is 32.1. The number of rotatable bonds is 4. The third-order valence-corrected chi connectivity index (χ3v) is 7.10. The van der Waals surface area contributed by atoms with Crippen LogP contribution in [0, 0.1) is 0 Å². The lowest BCUT2D eigenvalue weighted by molar-refractivity contribution is 0.102. The molecule has 4 aromatic rings. The predicted octanol–water partition coefficient (Wildman–Crippen LogP) is 5.05. The van der Waals surface area contributed by atoms with Gasteiger partial charge in [-0.15, -0.1) is 22.7 Å². The van der Waals surface area contributed by atoms with Crippen LogP contribution in [0.4, 0.5) is 5.13 Å². The van der Waals surface area contributed by atoms with Gasteiger partial charge in [0.15, 0.2) is 5.13 Å². The predicted molar refractivity (Wildman–Crippen MR) is 120 cm³/mol. The third-order valence-electron chi connectivity index (χ3n) is 5.21. The molecule has 4 heterocycles. The molecule has 0 saturated carbocycles. The van der Waals surface area contributed by atoms with Crippen molar-refractivity contribution in [2.45, 2.75) is 19.9 Å². The second-order valence-electron chi connectivity index (χ2n) is 7.01. The number of thiophene rings is 1. The van der Waals surface area contributed by atoms with Crippen molar-refractivity contribution in [2.24, 2.45) is 0 Å². The van der Waals surface area contributed by atoms with Gasteiger partial charge in [-0.05, 0) is 30.1 Å². The van der Waals surface area contributed by atoms with E-state index in [0.717, 1.165) is 53.2 Å². The highest BCUT2D eigenvalue weighted by molar-refractivity contribution is 7.16. The molecule has 0 unspecified atom stereocenters. The van der Waals surface area contributed by atoms with Crippen molar-refractivity contribution >= 4 is 44.6 Å². The van der Waals surface area contributed by atoms with Gasteiger partial charge < -0.3 is 0 Å². The molecule has 0 atom stereocenters. The number of benzene rings is 1. The average Bonchev–Trinajstić information content (AvgIpc) is 3.42. The maximum Gasteiger partial charge on any atom is 0.258 e. The van der Waals surface area contributed by atoms with Gasteiger partial charge in [0, 0.05) is 29.8 Å². The number of carbonyl (C=O) groups excluding carboxylic acids is 1. The summed E-state index contributed by atoms with van der Waals surface area (Å²) >= 11 is 3.21. The number of hydrogen-bond acceptors (Lipinski definition) is 6. The summed E-state index contributed by atoms with van der Waals surface area (Å²) in [5.74, 6) is -0.139. The Bertz CT molecular complexity index is 1180. The Morgan fingerprint density at radius 2 is 2.10 bits per heavy atom. The van der Waals surface area contributed by atoms with Gasteiger partial charge in [-0.3, -0.25) is 15.0 Å². The molecule has 7 heteroatoms. The third kappa shape index (κ3) is 3.57. The van der Waals surface area contributed by atoms with E-state index in [1.807, 2.05) is 47.8 Å². The minimum atomic E-state index is -0.139. The number of likely N-dealkylation sites (N-methyl/N-ethyl adjacent to an activating group) is 1. The summed E-state index contributed by atoms with van der Waals surface area (Å²) in [6, 6.07) is 13.7. The number of carbonyl (C=O) groups is 1. The molecule has 5 rings (SSSR count). The summed E-state index contributed by atoms with van der Waals surface area (Å²) in [6.45, 7) is 5.15. The number of aromatic nitrogens is 2. The van der Waals surface area contributed by atoms with Crippen LogP contribution in [0.2, 0.25) is 0 Å². The monoisotopic (exact) mass is 420 g/mol. The summed E-state index contributed by atoms with van der Waals surface area (Å²) in [4.78, 5) is 27.3. The van der Waals surface area contributed by atoms with E-state index in [-0.39, 0.29) is 5.91 Å². The van der Waals surface area contributed by atoms with Gasteiger partial charge in [0.2, 0.25) is 0 Å². The Labute approximate surface area is 177 Å². The lowest BCUT2D eigenvalue weighted by atomic mass is 10.1. The van der Waals surface area contributed by atoms with E-state index >= 15 is 0 Å². The van der Waals surface area contributed by atoms with Crippen LogP contribution in [0.25, 0.3) is 21.5 Å². The first kappa shape index (κ1) is 18.4. The number of anilines is 1. The molecule has 0 fully saturated rings. The number of pyridine rings is 1. The number of para-hydroxylation sites is 1. The van der Waals surface area contributed by atoms with E-state index in [1.54, 1.807) is 22.7 Å². The molecule has 5 nitrogen and oxygen atoms in total. The van der Waals surface area contributed by atoms with Crippen LogP contribution in [-0.2, 0) is 13.0 Å². The van der Waals surface area contributed by atoms with Gasteiger partial charge >= 0.3 is 0 Å². The minimum absolute atomic E-state index is 0.139. The van der Waals surface area contributed by atoms with E-state index in [0.29, 0.717) is 10.7 Å². The van der Waals surface area contributed by atoms with Crippen LogP contribution in [-0.4, -0.2) is 33.9 Å². The Morgan fingerprint density at radius 3 is 2.93 bits per heavy atom. The van der Waals surface area contributed by atoms with E-state index in [9.17, 15) is 4.79 Å². The summed E-state index contributed by atoms with van der Waals surface area (Å²) < 4.78 is 0. The molecule has 0 spiro atoms. The van der Waals surface area contributed by atoms with E-state index in [1.165, 1.54) is 4.88 Å². The number of hydrogen-bond donors (Lipinski definition) is 1. The highest BCUT2D eigenvalue weighted by Crippen LogP contribution is 2.31. The lowest BCUT2D eigenvalue weighted by Crippen LogP contribution is -2.29. The van der Waals surface area contributed by atoms with Gasteiger partial charge in [-0.25, -0.2) is 9.97 Å².